The van der Waals surface area contributed by atoms with Crippen molar-refractivity contribution in [3.8, 4) is 0 Å². The van der Waals surface area contributed by atoms with E-state index in [1.165, 1.54) is 0 Å². The van der Waals surface area contributed by atoms with Gasteiger partial charge in [-0.2, -0.15) is 0 Å². The first kappa shape index (κ1) is 8.16. The Hall–Kier alpha value is -0.940. The maximum absolute atomic E-state index is 11.4. The molecule has 1 rings (SSSR count). The van der Waals surface area contributed by atoms with Crippen LogP contribution in [0.5, 0.6) is 0 Å². The number of ether oxygens (including phenoxy) is 1. The molecule has 0 unspecified atom stereocenters. The number of rotatable bonds is 0. The molecule has 1 saturated heterocycles. The average molecular weight is 169 g/mol. The highest BCUT2D eigenvalue weighted by molar-refractivity contribution is 5.68. The van der Waals surface area contributed by atoms with Gasteiger partial charge < -0.3 is 9.64 Å². The fourth-order valence-electron chi connectivity index (χ4n) is 0.662. The average Bonchev–Trinajstić information content (AvgIpc) is 1.50. The summed E-state index contributed by atoms with van der Waals surface area (Å²) in [5.74, 6) is 0. The first-order chi connectivity index (χ1) is 4.99. The third kappa shape index (κ3) is 2.28. The van der Waals surface area contributed by atoms with Gasteiger partial charge in [-0.15, -0.1) is 13.2 Å². The van der Waals surface area contributed by atoms with Crippen LogP contribution in [0.1, 0.15) is 6.42 Å². The minimum Gasteiger partial charge on any atom is -0.356 e. The van der Waals surface area contributed by atoms with Crippen molar-refractivity contribution in [1.82, 2.24) is 4.90 Å². The van der Waals surface area contributed by atoms with Crippen LogP contribution < -0.4 is 0 Å². The molecule has 1 aliphatic rings. The predicted molar refractivity (Wildman–Crippen MR) is 28.7 cm³/mol. The highest BCUT2D eigenvalue weighted by Crippen LogP contribution is 2.19. The largest absolute Gasteiger partial charge is 0.576 e. The van der Waals surface area contributed by atoms with E-state index in [0.717, 1.165) is 11.3 Å². The Balaban J connectivity index is 2.31. The lowest BCUT2D eigenvalue weighted by molar-refractivity contribution is -0.295. The van der Waals surface area contributed by atoms with Crippen LogP contribution in [0.25, 0.3) is 0 Å². The second kappa shape index (κ2) is 2.60. The van der Waals surface area contributed by atoms with E-state index in [1.807, 2.05) is 0 Å². The Morgan fingerprint density at radius 1 is 1.36 bits per heavy atom. The van der Waals surface area contributed by atoms with E-state index < -0.39 is 12.5 Å². The van der Waals surface area contributed by atoms with Gasteiger partial charge in [0.2, 0.25) is 0 Å². The Morgan fingerprint density at radius 3 is 2.18 bits per heavy atom. The molecule has 1 heterocycles. The van der Waals surface area contributed by atoms with Crippen LogP contribution in [0.15, 0.2) is 0 Å². The quantitative estimate of drug-likeness (QED) is 0.547. The highest BCUT2D eigenvalue weighted by Gasteiger charge is 2.37. The number of likely N-dealkylation sites (tertiary alicyclic amines) is 1. The fourth-order valence-corrected chi connectivity index (χ4v) is 0.662. The summed E-state index contributed by atoms with van der Waals surface area (Å²) in [7, 11) is 0. The number of halogens is 3. The summed E-state index contributed by atoms with van der Waals surface area (Å²) in [5.41, 5.74) is 0. The molecule has 0 bridgehead atoms. The van der Waals surface area contributed by atoms with Crippen LogP contribution in [0, 0.1) is 0 Å². The molecule has 3 nitrogen and oxygen atoms in total. The lowest BCUT2D eigenvalue weighted by Gasteiger charge is -2.29. The van der Waals surface area contributed by atoms with Gasteiger partial charge in [-0.1, -0.05) is 0 Å². The van der Waals surface area contributed by atoms with Crippen molar-refractivity contribution >= 4 is 6.09 Å². The molecule has 1 amide bonds. The van der Waals surface area contributed by atoms with E-state index in [-0.39, 0.29) is 0 Å². The zero-order valence-corrected chi connectivity index (χ0v) is 5.52. The van der Waals surface area contributed by atoms with Gasteiger partial charge in [0, 0.05) is 13.1 Å². The Bertz CT molecular complexity index is 164. The van der Waals surface area contributed by atoms with E-state index in [1.54, 1.807) is 0 Å². The molecule has 0 atom stereocenters. The van der Waals surface area contributed by atoms with Gasteiger partial charge in [0.05, 0.1) is 0 Å². The molecule has 0 aromatic heterocycles. The summed E-state index contributed by atoms with van der Waals surface area (Å²) in [4.78, 5) is 11.4. The normalized spacial score (nSPS) is 17.5. The topological polar surface area (TPSA) is 29.5 Å². The number of carbonyl (C=O) groups excluding carboxylic acids is 1. The minimum absolute atomic E-state index is 0.356. The molecule has 0 N–H and O–H groups in total. The smallest absolute Gasteiger partial charge is 0.356 e. The van der Waals surface area contributed by atoms with Crippen molar-refractivity contribution < 1.29 is 22.7 Å². The van der Waals surface area contributed by atoms with Crippen molar-refractivity contribution in [2.45, 2.75) is 12.8 Å². The van der Waals surface area contributed by atoms with Crippen molar-refractivity contribution in [2.24, 2.45) is 0 Å². The Kier molecular flexibility index (Phi) is 1.92. The van der Waals surface area contributed by atoms with E-state index >= 15 is 0 Å². The minimum atomic E-state index is -4.85. The molecule has 11 heavy (non-hydrogen) atoms. The number of nitrogens with zero attached hydrogens (tertiary/aromatic N) is 1. The monoisotopic (exact) mass is 169 g/mol. The number of hydrogen-bond acceptors (Lipinski definition) is 2. The summed E-state index contributed by atoms with van der Waals surface area (Å²) >= 11 is 0. The maximum atomic E-state index is 11.4. The molecule has 0 radical (unpaired) electrons. The van der Waals surface area contributed by atoms with Crippen molar-refractivity contribution in [1.29, 1.82) is 0 Å². The zero-order valence-electron chi connectivity index (χ0n) is 5.52. The fraction of sp³-hybridized carbons (Fsp3) is 0.800. The summed E-state index contributed by atoms with van der Waals surface area (Å²) in [6, 6.07) is 0. The number of alkyl halides is 3. The summed E-state index contributed by atoms with van der Waals surface area (Å²) in [6.45, 7) is 0.712. The van der Waals surface area contributed by atoms with E-state index in [2.05, 4.69) is 4.74 Å². The standard InChI is InChI=1S/C5H6F3NO2/c6-5(7,8)11-4(10)9-2-1-3-9/h1-3H2. The molecule has 0 aliphatic carbocycles. The summed E-state index contributed by atoms with van der Waals surface area (Å²) in [5, 5.41) is 0. The molecular weight excluding hydrogens is 163 g/mol. The van der Waals surface area contributed by atoms with Crippen LogP contribution >= 0.6 is 0 Å². The predicted octanol–water partition coefficient (Wildman–Crippen LogP) is 1.35. The lowest BCUT2D eigenvalue weighted by Crippen LogP contribution is -2.44. The third-order valence-corrected chi connectivity index (χ3v) is 1.32. The second-order valence-electron chi connectivity index (χ2n) is 2.15. The number of carbonyl (C=O) groups is 1. The molecule has 6 heteroatoms. The van der Waals surface area contributed by atoms with Crippen LogP contribution in [-0.4, -0.2) is 30.4 Å². The third-order valence-electron chi connectivity index (χ3n) is 1.32. The molecule has 1 fully saturated rings. The SMILES string of the molecule is O=C(OC(F)(F)F)N1CCC1. The van der Waals surface area contributed by atoms with E-state index in [0.29, 0.717) is 13.1 Å². The van der Waals surface area contributed by atoms with Gasteiger partial charge in [0.1, 0.15) is 0 Å². The second-order valence-corrected chi connectivity index (χ2v) is 2.15. The van der Waals surface area contributed by atoms with E-state index in [4.69, 9.17) is 0 Å². The molecular formula is C5H6F3NO2. The first-order valence-corrected chi connectivity index (χ1v) is 3.04. The van der Waals surface area contributed by atoms with Crippen molar-refractivity contribution in [2.75, 3.05) is 13.1 Å². The summed E-state index contributed by atoms with van der Waals surface area (Å²) in [6.07, 6.45) is -5.41. The van der Waals surface area contributed by atoms with Gasteiger partial charge in [-0.05, 0) is 6.42 Å². The Labute approximate surface area is 60.7 Å². The van der Waals surface area contributed by atoms with Gasteiger partial charge in [-0.3, -0.25) is 0 Å². The van der Waals surface area contributed by atoms with Crippen molar-refractivity contribution in [3.63, 3.8) is 0 Å². The van der Waals surface area contributed by atoms with Crippen LogP contribution in [-0.2, 0) is 4.74 Å². The number of amides is 1. The van der Waals surface area contributed by atoms with Gasteiger partial charge in [-0.25, -0.2) is 4.79 Å². The molecule has 0 aromatic rings. The van der Waals surface area contributed by atoms with Crippen LogP contribution in [0.4, 0.5) is 18.0 Å². The van der Waals surface area contributed by atoms with Crippen LogP contribution in [0.3, 0.4) is 0 Å². The zero-order chi connectivity index (χ0) is 8.48. The van der Waals surface area contributed by atoms with Gasteiger partial charge in [0.15, 0.2) is 0 Å². The molecule has 0 spiro atoms. The lowest BCUT2D eigenvalue weighted by atomic mass is 10.2. The van der Waals surface area contributed by atoms with E-state index in [9.17, 15) is 18.0 Å². The van der Waals surface area contributed by atoms with Gasteiger partial charge >= 0.3 is 12.5 Å². The molecule has 0 saturated carbocycles. The molecule has 64 valence electrons. The first-order valence-electron chi connectivity index (χ1n) is 3.04. The molecule has 0 aromatic carbocycles. The number of hydrogen-bond donors (Lipinski definition) is 0. The van der Waals surface area contributed by atoms with Gasteiger partial charge in [0.25, 0.3) is 0 Å². The Morgan fingerprint density at radius 2 is 1.91 bits per heavy atom. The summed E-state index contributed by atoms with van der Waals surface area (Å²) < 4.78 is 37.2. The molecule has 1 aliphatic heterocycles. The van der Waals surface area contributed by atoms with Crippen molar-refractivity contribution in [3.05, 3.63) is 0 Å². The maximum Gasteiger partial charge on any atom is 0.576 e. The van der Waals surface area contributed by atoms with Crippen LogP contribution in [0.2, 0.25) is 0 Å². The highest BCUT2D eigenvalue weighted by atomic mass is 19.4.